The molecule has 4 aromatic carbocycles. The van der Waals surface area contributed by atoms with Crippen LogP contribution < -0.4 is 10.6 Å². The number of amides is 1. The number of rotatable bonds is 8. The van der Waals surface area contributed by atoms with E-state index in [2.05, 4.69) is 83.7 Å². The number of benzene rings is 4. The molecule has 5 heteroatoms. The van der Waals surface area contributed by atoms with Gasteiger partial charge in [-0.15, -0.1) is 12.6 Å². The molecule has 0 spiro atoms. The van der Waals surface area contributed by atoms with Crippen molar-refractivity contribution in [3.8, 4) is 0 Å². The summed E-state index contributed by atoms with van der Waals surface area (Å²) in [5.74, 6) is 0.148. The summed E-state index contributed by atoms with van der Waals surface area (Å²) in [5.41, 5.74) is 4.45. The van der Waals surface area contributed by atoms with Gasteiger partial charge in [-0.1, -0.05) is 84.9 Å². The molecule has 1 unspecified atom stereocenters. The molecule has 0 radical (unpaired) electrons. The number of nitrogens with zero attached hydrogens (tertiary/aromatic N) is 1. The molecule has 2 N–H and O–H groups in total. The van der Waals surface area contributed by atoms with Crippen LogP contribution >= 0.6 is 12.6 Å². The number of piperidine rings is 1. The molecule has 4 aromatic rings. The molecule has 6 rings (SSSR count). The Kier molecular flexibility index (Phi) is 10.2. The van der Waals surface area contributed by atoms with Crippen LogP contribution in [0.5, 0.6) is 0 Å². The number of carbonyl (C=O) groups excluding carboxylic acids is 1. The standard InChI is InChI=1S/C26H35N3O.C10H8S/c1-27-20-26(14-11-22-9-5-6-10-24(22)26)15-18-29-16-12-23(13-17-29)28-25(30)19-21-7-3-2-4-8-21;11-10-6-5-8-3-1-2-4-9(8)7-10/h2-10,23,27H,11-20H2,1H3,(H,28,30);1-7,11H. The summed E-state index contributed by atoms with van der Waals surface area (Å²) in [7, 11) is 2.08. The van der Waals surface area contributed by atoms with Crippen LogP contribution in [0.15, 0.2) is 102 Å². The predicted molar refractivity (Wildman–Crippen MR) is 174 cm³/mol. The molecule has 214 valence electrons. The largest absolute Gasteiger partial charge is 0.353 e. The van der Waals surface area contributed by atoms with Gasteiger partial charge < -0.3 is 15.5 Å². The second-order valence-electron chi connectivity index (χ2n) is 11.6. The Labute approximate surface area is 251 Å². The minimum atomic E-state index is 0.148. The number of fused-ring (bicyclic) bond motifs is 2. The Morgan fingerprint density at radius 2 is 1.61 bits per heavy atom. The quantitative estimate of drug-likeness (QED) is 0.216. The molecule has 1 heterocycles. The van der Waals surface area contributed by atoms with Crippen molar-refractivity contribution in [2.75, 3.05) is 33.2 Å². The highest BCUT2D eigenvalue weighted by Crippen LogP contribution is 2.41. The predicted octanol–water partition coefficient (Wildman–Crippen LogP) is 6.43. The number of carbonyl (C=O) groups is 1. The molecule has 1 fully saturated rings. The minimum Gasteiger partial charge on any atom is -0.353 e. The van der Waals surface area contributed by atoms with E-state index in [1.54, 1.807) is 5.56 Å². The van der Waals surface area contributed by atoms with Gasteiger partial charge in [-0.05, 0) is 85.3 Å². The van der Waals surface area contributed by atoms with Crippen molar-refractivity contribution in [1.29, 1.82) is 0 Å². The average molecular weight is 566 g/mol. The van der Waals surface area contributed by atoms with Crippen LogP contribution in [-0.4, -0.2) is 50.1 Å². The van der Waals surface area contributed by atoms with Crippen molar-refractivity contribution in [1.82, 2.24) is 15.5 Å². The van der Waals surface area contributed by atoms with Crippen molar-refractivity contribution in [2.45, 2.75) is 54.9 Å². The summed E-state index contributed by atoms with van der Waals surface area (Å²) < 4.78 is 0. The van der Waals surface area contributed by atoms with E-state index >= 15 is 0 Å². The van der Waals surface area contributed by atoms with Crippen LogP contribution in [0.4, 0.5) is 0 Å². The fraction of sp³-hybridized carbons (Fsp3) is 0.361. The Morgan fingerprint density at radius 1 is 0.902 bits per heavy atom. The number of hydrogen-bond donors (Lipinski definition) is 3. The number of likely N-dealkylation sites (tertiary alicyclic amines) is 1. The van der Waals surface area contributed by atoms with Gasteiger partial charge in [-0.2, -0.15) is 0 Å². The zero-order chi connectivity index (χ0) is 28.5. The molecular formula is C36H43N3OS. The lowest BCUT2D eigenvalue weighted by atomic mass is 9.78. The molecule has 1 atom stereocenters. The molecule has 4 nitrogen and oxygen atoms in total. The molecule has 1 amide bonds. The van der Waals surface area contributed by atoms with Gasteiger partial charge in [-0.25, -0.2) is 0 Å². The van der Waals surface area contributed by atoms with Gasteiger partial charge in [0.1, 0.15) is 0 Å². The molecule has 0 saturated carbocycles. The number of nitrogens with one attached hydrogen (secondary N) is 2. The molecular weight excluding hydrogens is 522 g/mol. The first kappa shape index (κ1) is 29.4. The third-order valence-corrected chi connectivity index (χ3v) is 9.05. The fourth-order valence-electron chi connectivity index (χ4n) is 6.54. The van der Waals surface area contributed by atoms with Gasteiger partial charge >= 0.3 is 0 Å². The number of aryl methyl sites for hydroxylation is 1. The van der Waals surface area contributed by atoms with Crippen LogP contribution in [0.1, 0.15) is 42.4 Å². The van der Waals surface area contributed by atoms with Crippen molar-refractivity contribution >= 4 is 29.3 Å². The maximum absolute atomic E-state index is 12.4. The first-order valence-electron chi connectivity index (χ1n) is 15.0. The Balaban J connectivity index is 0.000000255. The Morgan fingerprint density at radius 3 is 2.39 bits per heavy atom. The van der Waals surface area contributed by atoms with Crippen LogP contribution in [0, 0.1) is 0 Å². The van der Waals surface area contributed by atoms with Crippen molar-refractivity contribution in [2.24, 2.45) is 0 Å². The second kappa shape index (κ2) is 14.2. The Hall–Kier alpha value is -3.12. The van der Waals surface area contributed by atoms with E-state index in [1.165, 1.54) is 35.6 Å². The first-order chi connectivity index (χ1) is 20.0. The van der Waals surface area contributed by atoms with Crippen molar-refractivity contribution < 1.29 is 4.79 Å². The highest BCUT2D eigenvalue weighted by molar-refractivity contribution is 7.80. The summed E-state index contributed by atoms with van der Waals surface area (Å²) >= 11 is 4.26. The smallest absolute Gasteiger partial charge is 0.224 e. The summed E-state index contributed by atoms with van der Waals surface area (Å²) in [5, 5.41) is 9.23. The molecule has 2 aliphatic rings. The van der Waals surface area contributed by atoms with Gasteiger partial charge in [0.2, 0.25) is 5.91 Å². The number of thiol groups is 1. The van der Waals surface area contributed by atoms with E-state index in [9.17, 15) is 4.79 Å². The van der Waals surface area contributed by atoms with E-state index in [0.29, 0.717) is 12.5 Å². The molecule has 1 saturated heterocycles. The van der Waals surface area contributed by atoms with Crippen molar-refractivity contribution in [3.05, 3.63) is 114 Å². The van der Waals surface area contributed by atoms with Gasteiger partial charge in [0, 0.05) is 36.0 Å². The highest BCUT2D eigenvalue weighted by atomic mass is 32.1. The average Bonchev–Trinajstić information content (AvgIpc) is 3.36. The maximum atomic E-state index is 12.4. The van der Waals surface area contributed by atoms with Crippen LogP contribution in [0.25, 0.3) is 10.8 Å². The van der Waals surface area contributed by atoms with Crippen LogP contribution in [0.2, 0.25) is 0 Å². The zero-order valence-electron chi connectivity index (χ0n) is 24.2. The van der Waals surface area contributed by atoms with Gasteiger partial charge in [-0.3, -0.25) is 4.79 Å². The first-order valence-corrected chi connectivity index (χ1v) is 15.5. The van der Waals surface area contributed by atoms with E-state index in [4.69, 9.17) is 0 Å². The molecule has 0 bridgehead atoms. The summed E-state index contributed by atoms with van der Waals surface area (Å²) in [6.07, 6.45) is 6.24. The molecule has 41 heavy (non-hydrogen) atoms. The van der Waals surface area contributed by atoms with Gasteiger partial charge in [0.15, 0.2) is 0 Å². The zero-order valence-corrected chi connectivity index (χ0v) is 25.1. The fourth-order valence-corrected chi connectivity index (χ4v) is 6.76. The normalized spacial score (nSPS) is 18.9. The molecule has 0 aromatic heterocycles. The Bertz CT molecular complexity index is 1410. The SMILES string of the molecule is CNCC1(CCN2CCC(NC(=O)Cc3ccccc3)CC2)CCc2ccccc21.Sc1ccc2ccccc2c1. The lowest BCUT2D eigenvalue weighted by Crippen LogP contribution is -2.46. The summed E-state index contributed by atoms with van der Waals surface area (Å²) in [6, 6.07) is 33.8. The highest BCUT2D eigenvalue weighted by Gasteiger charge is 2.38. The third-order valence-electron chi connectivity index (χ3n) is 8.78. The van der Waals surface area contributed by atoms with Crippen LogP contribution in [0.3, 0.4) is 0 Å². The maximum Gasteiger partial charge on any atom is 0.224 e. The van der Waals surface area contributed by atoms with E-state index in [1.807, 2.05) is 48.5 Å². The third kappa shape index (κ3) is 7.79. The molecule has 1 aliphatic heterocycles. The van der Waals surface area contributed by atoms with Crippen LogP contribution in [-0.2, 0) is 23.1 Å². The lowest BCUT2D eigenvalue weighted by molar-refractivity contribution is -0.121. The number of hydrogen-bond acceptors (Lipinski definition) is 4. The lowest BCUT2D eigenvalue weighted by Gasteiger charge is -2.36. The summed E-state index contributed by atoms with van der Waals surface area (Å²) in [6.45, 7) is 4.35. The van der Waals surface area contributed by atoms with Crippen molar-refractivity contribution in [3.63, 3.8) is 0 Å². The topological polar surface area (TPSA) is 44.4 Å². The van der Waals surface area contributed by atoms with Gasteiger partial charge in [0.05, 0.1) is 6.42 Å². The number of likely N-dealkylation sites (N-methyl/N-ethyl adjacent to an activating group) is 1. The minimum absolute atomic E-state index is 0.148. The van der Waals surface area contributed by atoms with E-state index in [0.717, 1.165) is 49.5 Å². The summed E-state index contributed by atoms with van der Waals surface area (Å²) in [4.78, 5) is 16.0. The second-order valence-corrected chi connectivity index (χ2v) is 12.1. The monoisotopic (exact) mass is 565 g/mol. The van der Waals surface area contributed by atoms with Gasteiger partial charge in [0.25, 0.3) is 0 Å². The molecule has 1 aliphatic carbocycles. The van der Waals surface area contributed by atoms with E-state index < -0.39 is 0 Å². The van der Waals surface area contributed by atoms with E-state index in [-0.39, 0.29) is 11.3 Å².